The fraction of sp³-hybridized carbons (Fsp3) is 0.400. The fourth-order valence-corrected chi connectivity index (χ4v) is 2.17. The van der Waals surface area contributed by atoms with Gasteiger partial charge in [-0.15, -0.1) is 5.10 Å². The number of aromatic nitrogens is 3. The maximum atomic E-state index is 12.7. The number of benzene rings is 1. The molecule has 25 heavy (non-hydrogen) atoms. The maximum Gasteiger partial charge on any atom is 0.451 e. The number of hydrogen-bond acceptors (Lipinski definition) is 4. The molecule has 0 aliphatic carbocycles. The van der Waals surface area contributed by atoms with Gasteiger partial charge in [0.05, 0.1) is 20.1 Å². The Bertz CT molecular complexity index is 794. The van der Waals surface area contributed by atoms with Gasteiger partial charge in [-0.3, -0.25) is 9.36 Å². The summed E-state index contributed by atoms with van der Waals surface area (Å²) in [5.74, 6) is -0.925. The first-order valence-electron chi connectivity index (χ1n) is 7.33. The number of nitrogens with one attached hydrogen (secondary N) is 1. The highest BCUT2D eigenvalue weighted by molar-refractivity contribution is 5.78. The van der Waals surface area contributed by atoms with Gasteiger partial charge < -0.3 is 10.1 Å². The molecule has 0 aliphatic rings. The highest BCUT2D eigenvalue weighted by Gasteiger charge is 2.37. The molecule has 1 heterocycles. The lowest BCUT2D eigenvalue weighted by Gasteiger charge is -2.06. The molecule has 0 bridgehead atoms. The zero-order valence-corrected chi connectivity index (χ0v) is 13.6. The average molecular weight is 358 g/mol. The predicted molar refractivity (Wildman–Crippen MR) is 82.2 cm³/mol. The number of methoxy groups -OCH3 is 1. The molecule has 1 amide bonds. The summed E-state index contributed by atoms with van der Waals surface area (Å²) in [5, 5.41) is 5.80. The Hall–Kier alpha value is -2.78. The largest absolute Gasteiger partial charge is 0.497 e. The van der Waals surface area contributed by atoms with Crippen LogP contribution in [0.2, 0.25) is 0 Å². The molecule has 10 heteroatoms. The molecule has 0 fully saturated rings. The molecular weight excluding hydrogens is 341 g/mol. The molecule has 0 saturated carbocycles. The lowest BCUT2D eigenvalue weighted by molar-refractivity contribution is -0.147. The van der Waals surface area contributed by atoms with E-state index in [2.05, 4.69) is 10.4 Å². The van der Waals surface area contributed by atoms with Crippen LogP contribution in [0.4, 0.5) is 13.2 Å². The van der Waals surface area contributed by atoms with Gasteiger partial charge in [-0.25, -0.2) is 9.48 Å². The molecule has 136 valence electrons. The lowest BCUT2D eigenvalue weighted by atomic mass is 10.1. The highest BCUT2D eigenvalue weighted by Crippen LogP contribution is 2.25. The standard InChI is InChI=1S/C15H17F3N4O3/c1-21-13(15(16,17)18)20-22(14(21)24)8-7-19-12(23)9-10-3-5-11(25-2)6-4-10/h3-6H,7-9H2,1-2H3,(H,19,23). The number of carbonyl (C=O) groups is 1. The van der Waals surface area contributed by atoms with Gasteiger partial charge >= 0.3 is 11.9 Å². The number of carbonyl (C=O) groups excluding carboxylic acids is 1. The van der Waals surface area contributed by atoms with Crippen molar-refractivity contribution < 1.29 is 22.7 Å². The molecule has 0 radical (unpaired) electrons. The zero-order chi connectivity index (χ0) is 18.6. The van der Waals surface area contributed by atoms with Crippen LogP contribution in [0.1, 0.15) is 11.4 Å². The van der Waals surface area contributed by atoms with Gasteiger partial charge in [0.15, 0.2) is 0 Å². The first-order chi connectivity index (χ1) is 11.7. The number of rotatable bonds is 6. The first-order valence-corrected chi connectivity index (χ1v) is 7.33. The minimum Gasteiger partial charge on any atom is -0.497 e. The molecule has 0 atom stereocenters. The second kappa shape index (κ2) is 7.41. The molecular formula is C15H17F3N4O3. The summed E-state index contributed by atoms with van der Waals surface area (Å²) in [6.45, 7) is -0.166. The van der Waals surface area contributed by atoms with Crippen molar-refractivity contribution in [3.8, 4) is 5.75 Å². The predicted octanol–water partition coefficient (Wildman–Crippen LogP) is 0.968. The van der Waals surface area contributed by atoms with E-state index in [0.717, 1.165) is 12.6 Å². The monoisotopic (exact) mass is 358 g/mol. The zero-order valence-electron chi connectivity index (χ0n) is 13.6. The van der Waals surface area contributed by atoms with E-state index < -0.39 is 17.7 Å². The average Bonchev–Trinajstić information content (AvgIpc) is 2.84. The Morgan fingerprint density at radius 2 is 1.92 bits per heavy atom. The first kappa shape index (κ1) is 18.6. The van der Waals surface area contributed by atoms with Crippen LogP contribution in [0, 0.1) is 0 Å². The van der Waals surface area contributed by atoms with E-state index in [1.807, 2.05) is 0 Å². The van der Waals surface area contributed by atoms with Crippen molar-refractivity contribution in [2.75, 3.05) is 13.7 Å². The minimum absolute atomic E-state index is 0.0107. The van der Waals surface area contributed by atoms with E-state index in [9.17, 15) is 22.8 Å². The Morgan fingerprint density at radius 3 is 2.44 bits per heavy atom. The van der Waals surface area contributed by atoms with Crippen molar-refractivity contribution >= 4 is 5.91 Å². The Kier molecular flexibility index (Phi) is 5.50. The summed E-state index contributed by atoms with van der Waals surface area (Å²) in [6, 6.07) is 6.90. The van der Waals surface area contributed by atoms with Gasteiger partial charge in [0.25, 0.3) is 0 Å². The summed E-state index contributed by atoms with van der Waals surface area (Å²) < 4.78 is 44.1. The van der Waals surface area contributed by atoms with E-state index in [4.69, 9.17) is 4.74 Å². The van der Waals surface area contributed by atoms with Crippen LogP contribution in [-0.4, -0.2) is 33.9 Å². The van der Waals surface area contributed by atoms with Gasteiger partial charge in [-0.1, -0.05) is 12.1 Å². The molecule has 1 aromatic heterocycles. The van der Waals surface area contributed by atoms with Crippen molar-refractivity contribution in [2.45, 2.75) is 19.1 Å². The third kappa shape index (κ3) is 4.61. The van der Waals surface area contributed by atoms with Crippen LogP contribution >= 0.6 is 0 Å². The van der Waals surface area contributed by atoms with E-state index in [1.54, 1.807) is 24.3 Å². The second-order valence-electron chi connectivity index (χ2n) is 5.26. The van der Waals surface area contributed by atoms with Crippen LogP contribution < -0.4 is 15.7 Å². The van der Waals surface area contributed by atoms with Gasteiger partial charge in [-0.2, -0.15) is 13.2 Å². The molecule has 7 nitrogen and oxygen atoms in total. The van der Waals surface area contributed by atoms with Crippen LogP contribution in [0.25, 0.3) is 0 Å². The fourth-order valence-electron chi connectivity index (χ4n) is 2.17. The van der Waals surface area contributed by atoms with Gasteiger partial charge in [-0.05, 0) is 17.7 Å². The number of ether oxygens (including phenoxy) is 1. The summed E-state index contributed by atoms with van der Waals surface area (Å²) in [6.07, 6.45) is -4.61. The van der Waals surface area contributed by atoms with E-state index in [1.165, 1.54) is 7.11 Å². The quantitative estimate of drug-likeness (QED) is 0.835. The Morgan fingerprint density at radius 1 is 1.28 bits per heavy atom. The number of hydrogen-bond donors (Lipinski definition) is 1. The van der Waals surface area contributed by atoms with Crippen molar-refractivity contribution in [3.05, 3.63) is 46.1 Å². The molecule has 0 aliphatic heterocycles. The van der Waals surface area contributed by atoms with Crippen LogP contribution in [-0.2, 0) is 31.0 Å². The van der Waals surface area contributed by atoms with Crippen LogP contribution in [0.3, 0.4) is 0 Å². The third-order valence-corrected chi connectivity index (χ3v) is 3.46. The molecule has 1 N–H and O–H groups in total. The van der Waals surface area contributed by atoms with Crippen molar-refractivity contribution in [1.29, 1.82) is 0 Å². The third-order valence-electron chi connectivity index (χ3n) is 3.46. The van der Waals surface area contributed by atoms with Crippen LogP contribution in [0.5, 0.6) is 5.75 Å². The number of amides is 1. The van der Waals surface area contributed by atoms with Crippen molar-refractivity contribution in [3.63, 3.8) is 0 Å². The minimum atomic E-state index is -4.71. The smallest absolute Gasteiger partial charge is 0.451 e. The van der Waals surface area contributed by atoms with Crippen LogP contribution in [0.15, 0.2) is 29.1 Å². The molecule has 0 saturated heterocycles. The van der Waals surface area contributed by atoms with Gasteiger partial charge in [0.1, 0.15) is 5.75 Å². The normalized spacial score (nSPS) is 11.4. The molecule has 1 aromatic carbocycles. The maximum absolute atomic E-state index is 12.7. The second-order valence-corrected chi connectivity index (χ2v) is 5.26. The number of alkyl halides is 3. The summed E-state index contributed by atoms with van der Waals surface area (Å²) in [5.41, 5.74) is -0.135. The van der Waals surface area contributed by atoms with E-state index >= 15 is 0 Å². The van der Waals surface area contributed by atoms with Gasteiger partial charge in [0.2, 0.25) is 11.7 Å². The molecule has 0 unspecified atom stereocenters. The Balaban J connectivity index is 1.90. The van der Waals surface area contributed by atoms with Gasteiger partial charge in [0, 0.05) is 13.6 Å². The molecule has 2 aromatic rings. The lowest BCUT2D eigenvalue weighted by Crippen LogP contribution is -2.32. The van der Waals surface area contributed by atoms with Crippen molar-refractivity contribution in [2.24, 2.45) is 7.05 Å². The molecule has 2 rings (SSSR count). The number of nitrogens with zero attached hydrogens (tertiary/aromatic N) is 3. The van der Waals surface area contributed by atoms with Crippen molar-refractivity contribution in [1.82, 2.24) is 19.7 Å². The summed E-state index contributed by atoms with van der Waals surface area (Å²) in [7, 11) is 2.53. The summed E-state index contributed by atoms with van der Waals surface area (Å²) in [4.78, 5) is 23.5. The highest BCUT2D eigenvalue weighted by atomic mass is 19.4. The summed E-state index contributed by atoms with van der Waals surface area (Å²) >= 11 is 0. The molecule has 0 spiro atoms. The topological polar surface area (TPSA) is 78.2 Å². The van der Waals surface area contributed by atoms with E-state index in [0.29, 0.717) is 15.0 Å². The van der Waals surface area contributed by atoms with E-state index in [-0.39, 0.29) is 25.4 Å². The number of halogens is 3. The Labute approximate surface area is 141 Å². The SMILES string of the molecule is COc1ccc(CC(=O)NCCn2nc(C(F)(F)F)n(C)c2=O)cc1.